The van der Waals surface area contributed by atoms with Crippen LogP contribution in [0.5, 0.6) is 17.5 Å². The second kappa shape index (κ2) is 10.1. The molecule has 3 heterocycles. The summed E-state index contributed by atoms with van der Waals surface area (Å²) in [5, 5.41) is 12.5. The van der Waals surface area contributed by atoms with E-state index in [2.05, 4.69) is 20.3 Å². The third-order valence-corrected chi connectivity index (χ3v) is 6.12. The smallest absolute Gasteiger partial charge is 0.349 e. The van der Waals surface area contributed by atoms with E-state index in [9.17, 15) is 18.7 Å². The summed E-state index contributed by atoms with van der Waals surface area (Å²) in [5.41, 5.74) is 0.571. The summed E-state index contributed by atoms with van der Waals surface area (Å²) in [6.07, 6.45) is 1.34. The van der Waals surface area contributed by atoms with Gasteiger partial charge in [-0.2, -0.15) is 4.98 Å². The number of carbonyl (C=O) groups is 1. The molecule has 3 aromatic heterocycles. The number of anilines is 1. The summed E-state index contributed by atoms with van der Waals surface area (Å²) >= 11 is 1.04. The number of carboxylic acids is 1. The lowest BCUT2D eigenvalue weighted by Gasteiger charge is -2.11. The van der Waals surface area contributed by atoms with Crippen molar-refractivity contribution in [2.24, 2.45) is 0 Å². The van der Waals surface area contributed by atoms with Crippen LogP contribution in [0.2, 0.25) is 0 Å². The van der Waals surface area contributed by atoms with Gasteiger partial charge < -0.3 is 24.6 Å². The number of aromatic carboxylic acids is 1. The van der Waals surface area contributed by atoms with Gasteiger partial charge in [-0.25, -0.2) is 23.5 Å². The molecule has 0 saturated carbocycles. The van der Waals surface area contributed by atoms with Gasteiger partial charge in [0.05, 0.1) is 31.4 Å². The van der Waals surface area contributed by atoms with Crippen LogP contribution < -0.4 is 19.5 Å². The van der Waals surface area contributed by atoms with Crippen molar-refractivity contribution in [3.05, 3.63) is 41.0 Å². The van der Waals surface area contributed by atoms with Crippen LogP contribution in [0.15, 0.2) is 24.5 Å². The van der Waals surface area contributed by atoms with Crippen LogP contribution in [0.1, 0.15) is 16.6 Å². The first kappa shape index (κ1) is 24.1. The molecule has 0 aliphatic carbocycles. The van der Waals surface area contributed by atoms with Crippen molar-refractivity contribution in [1.82, 2.24) is 19.5 Å². The SMILES string of the molecule is CCOc1cc(-c2cc(NCCn3c(OC)nc4c(OC)cc(F)c(F)c43)ncn2)sc1C(=O)O. The predicted octanol–water partition coefficient (Wildman–Crippen LogP) is 4.06. The molecular formula is C22H21F2N5O5S. The number of methoxy groups -OCH3 is 2. The summed E-state index contributed by atoms with van der Waals surface area (Å²) in [5.74, 6) is -2.39. The number of aromatic nitrogens is 4. The van der Waals surface area contributed by atoms with Gasteiger partial charge in [0.1, 0.15) is 34.7 Å². The van der Waals surface area contributed by atoms with Crippen LogP contribution in [0, 0.1) is 11.6 Å². The second-order valence-electron chi connectivity index (χ2n) is 7.08. The van der Waals surface area contributed by atoms with Crippen molar-refractivity contribution in [3.63, 3.8) is 0 Å². The number of nitrogens with one attached hydrogen (secondary N) is 1. The number of carboxylic acid groups (broad SMARTS) is 1. The fraction of sp³-hybridized carbons (Fsp3) is 0.273. The maximum Gasteiger partial charge on any atom is 0.349 e. The normalized spacial score (nSPS) is 11.0. The van der Waals surface area contributed by atoms with Crippen LogP contribution in [0.25, 0.3) is 21.6 Å². The number of ether oxygens (including phenoxy) is 3. The number of thiophene rings is 1. The Hall–Kier alpha value is -4.00. The van der Waals surface area contributed by atoms with Gasteiger partial charge in [-0.15, -0.1) is 11.3 Å². The molecule has 0 radical (unpaired) electrons. The van der Waals surface area contributed by atoms with Crippen LogP contribution in [-0.4, -0.2) is 58.0 Å². The zero-order valence-corrected chi connectivity index (χ0v) is 19.8. The molecule has 0 atom stereocenters. The Morgan fingerprint density at radius 2 is 1.97 bits per heavy atom. The zero-order chi connectivity index (χ0) is 25.1. The molecule has 2 N–H and O–H groups in total. The minimum atomic E-state index is -1.08. The van der Waals surface area contributed by atoms with Gasteiger partial charge in [0.15, 0.2) is 16.5 Å². The lowest BCUT2D eigenvalue weighted by Crippen LogP contribution is -2.13. The fourth-order valence-electron chi connectivity index (χ4n) is 3.50. The standard InChI is InChI=1S/C22H21F2N5O5S/c1-4-34-14-9-15(35-20(14)21(30)31)12-8-16(27-10-26-12)25-5-6-29-19-17(24)11(23)7-13(32-2)18(19)28-22(29)33-3/h7-10H,4-6H2,1-3H3,(H,30,31)(H,25,26,27). The average Bonchev–Trinajstić information content (AvgIpc) is 3.44. The largest absolute Gasteiger partial charge is 0.494 e. The van der Waals surface area contributed by atoms with Crippen molar-refractivity contribution >= 4 is 34.2 Å². The van der Waals surface area contributed by atoms with Crippen LogP contribution in [0.4, 0.5) is 14.6 Å². The lowest BCUT2D eigenvalue weighted by molar-refractivity contribution is 0.0698. The molecule has 0 amide bonds. The van der Waals surface area contributed by atoms with Gasteiger partial charge in [0.25, 0.3) is 6.01 Å². The Morgan fingerprint density at radius 3 is 2.66 bits per heavy atom. The monoisotopic (exact) mass is 505 g/mol. The number of hydrogen-bond acceptors (Lipinski definition) is 9. The van der Waals surface area contributed by atoms with Crippen LogP contribution in [-0.2, 0) is 6.54 Å². The summed E-state index contributed by atoms with van der Waals surface area (Å²) < 4.78 is 45.9. The van der Waals surface area contributed by atoms with E-state index < -0.39 is 17.6 Å². The number of nitrogens with zero attached hydrogens (tertiary/aromatic N) is 4. The van der Waals surface area contributed by atoms with Gasteiger partial charge in [0.2, 0.25) is 0 Å². The molecule has 1 aromatic carbocycles. The first-order valence-corrected chi connectivity index (χ1v) is 11.2. The first-order chi connectivity index (χ1) is 16.9. The highest BCUT2D eigenvalue weighted by atomic mass is 32.1. The van der Waals surface area contributed by atoms with Crippen molar-refractivity contribution < 1.29 is 32.9 Å². The highest BCUT2D eigenvalue weighted by molar-refractivity contribution is 7.17. The summed E-state index contributed by atoms with van der Waals surface area (Å²) in [4.78, 5) is 24.8. The van der Waals surface area contributed by atoms with E-state index in [1.165, 1.54) is 25.1 Å². The Labute approximate surface area is 202 Å². The van der Waals surface area contributed by atoms with E-state index in [0.29, 0.717) is 23.0 Å². The molecular weight excluding hydrogens is 484 g/mol. The van der Waals surface area contributed by atoms with Gasteiger partial charge >= 0.3 is 5.97 Å². The summed E-state index contributed by atoms with van der Waals surface area (Å²) in [6.45, 7) is 2.52. The molecule has 0 aliphatic rings. The topological polar surface area (TPSA) is 121 Å². The molecule has 0 fully saturated rings. The number of halogens is 2. The van der Waals surface area contributed by atoms with Gasteiger partial charge in [-0.1, -0.05) is 0 Å². The second-order valence-corrected chi connectivity index (χ2v) is 8.13. The number of rotatable bonds is 10. The van der Waals surface area contributed by atoms with E-state index in [4.69, 9.17) is 14.2 Å². The van der Waals surface area contributed by atoms with E-state index in [1.807, 2.05) is 0 Å². The van der Waals surface area contributed by atoms with Gasteiger partial charge in [0, 0.05) is 31.3 Å². The quantitative estimate of drug-likeness (QED) is 0.329. The molecule has 13 heteroatoms. The molecule has 0 unspecified atom stereocenters. The molecule has 10 nitrogen and oxygen atoms in total. The highest BCUT2D eigenvalue weighted by Gasteiger charge is 2.22. The lowest BCUT2D eigenvalue weighted by atomic mass is 10.2. The Bertz CT molecular complexity index is 1390. The zero-order valence-electron chi connectivity index (χ0n) is 19.0. The van der Waals surface area contributed by atoms with E-state index >= 15 is 0 Å². The Kier molecular flexibility index (Phi) is 6.96. The number of benzene rings is 1. The highest BCUT2D eigenvalue weighted by Crippen LogP contribution is 2.36. The molecule has 4 aromatic rings. The maximum atomic E-state index is 14.6. The first-order valence-electron chi connectivity index (χ1n) is 10.4. The number of imidazole rings is 1. The molecule has 184 valence electrons. The summed E-state index contributed by atoms with van der Waals surface area (Å²) in [6, 6.07) is 4.31. The van der Waals surface area contributed by atoms with Crippen molar-refractivity contribution in [3.8, 4) is 28.1 Å². The van der Waals surface area contributed by atoms with Crippen molar-refractivity contribution in [1.29, 1.82) is 0 Å². The Balaban J connectivity index is 1.57. The average molecular weight is 506 g/mol. The van der Waals surface area contributed by atoms with E-state index in [-0.39, 0.29) is 46.5 Å². The fourth-order valence-corrected chi connectivity index (χ4v) is 4.41. The molecule has 4 rings (SSSR count). The molecule has 0 bridgehead atoms. The van der Waals surface area contributed by atoms with Crippen molar-refractivity contribution in [2.75, 3.05) is 32.7 Å². The summed E-state index contributed by atoms with van der Waals surface area (Å²) in [7, 11) is 2.72. The van der Waals surface area contributed by atoms with E-state index in [0.717, 1.165) is 17.4 Å². The van der Waals surface area contributed by atoms with E-state index in [1.54, 1.807) is 19.1 Å². The number of hydrogen-bond donors (Lipinski definition) is 2. The van der Waals surface area contributed by atoms with Crippen LogP contribution >= 0.6 is 11.3 Å². The minimum absolute atomic E-state index is 0.0767. The Morgan fingerprint density at radius 1 is 1.17 bits per heavy atom. The van der Waals surface area contributed by atoms with Gasteiger partial charge in [-0.05, 0) is 6.92 Å². The molecule has 0 saturated heterocycles. The maximum absolute atomic E-state index is 14.6. The van der Waals surface area contributed by atoms with Crippen molar-refractivity contribution in [2.45, 2.75) is 13.5 Å². The number of fused-ring (bicyclic) bond motifs is 1. The molecule has 0 aliphatic heterocycles. The third-order valence-electron chi connectivity index (χ3n) is 5.00. The molecule has 35 heavy (non-hydrogen) atoms. The minimum Gasteiger partial charge on any atom is -0.494 e. The van der Waals surface area contributed by atoms with Gasteiger partial charge in [-0.3, -0.25) is 4.57 Å². The van der Waals surface area contributed by atoms with Crippen LogP contribution in [0.3, 0.4) is 0 Å². The predicted molar refractivity (Wildman–Crippen MR) is 125 cm³/mol. The third kappa shape index (κ3) is 4.67. The molecule has 0 spiro atoms.